The molecule has 0 aliphatic heterocycles. The molecule has 3 aromatic rings. The Bertz CT molecular complexity index is 1260. The fourth-order valence-electron chi connectivity index (χ4n) is 4.84. The van der Waals surface area contributed by atoms with Crippen molar-refractivity contribution in [2.75, 3.05) is 24.6 Å². The van der Waals surface area contributed by atoms with E-state index in [1.807, 2.05) is 63.4 Å². The van der Waals surface area contributed by atoms with Crippen LogP contribution in [-0.2, 0) is 4.74 Å². The Morgan fingerprint density at radius 2 is 1.86 bits per heavy atom. The van der Waals surface area contributed by atoms with E-state index in [-0.39, 0.29) is 12.0 Å². The quantitative estimate of drug-likeness (QED) is 0.436. The number of fused-ring (bicyclic) bond motifs is 1. The first-order chi connectivity index (χ1) is 16.9. The molecule has 7 nitrogen and oxygen atoms in total. The minimum absolute atomic E-state index is 0.00852. The molecule has 2 aromatic carbocycles. The van der Waals surface area contributed by atoms with Gasteiger partial charge in [-0.1, -0.05) is 12.1 Å². The number of rotatable bonds is 7. The van der Waals surface area contributed by atoms with Crippen molar-refractivity contribution in [2.45, 2.75) is 58.1 Å². The van der Waals surface area contributed by atoms with Crippen LogP contribution in [0.15, 0.2) is 42.5 Å². The van der Waals surface area contributed by atoms with Gasteiger partial charge < -0.3 is 19.9 Å². The SMILES string of the molecule is CCN(C)C(=O)c1ccc2c(N)c(-c3ccc(NC(=O)O[C@H](C)C4CC4)cc3)n(C3CCC3)c2c1. The summed E-state index contributed by atoms with van der Waals surface area (Å²) in [6, 6.07) is 13.9. The Balaban J connectivity index is 1.46. The normalized spacial score (nSPS) is 16.5. The number of amides is 2. The zero-order chi connectivity index (χ0) is 24.7. The molecule has 5 rings (SSSR count). The number of carbonyl (C=O) groups excluding carboxylic acids is 2. The predicted molar refractivity (Wildman–Crippen MR) is 140 cm³/mol. The zero-order valence-corrected chi connectivity index (χ0v) is 20.7. The van der Waals surface area contributed by atoms with E-state index in [9.17, 15) is 9.59 Å². The molecular formula is C28H34N4O3. The lowest BCUT2D eigenvalue weighted by atomic mass is 9.92. The van der Waals surface area contributed by atoms with Gasteiger partial charge in [-0.15, -0.1) is 0 Å². The maximum Gasteiger partial charge on any atom is 0.411 e. The van der Waals surface area contributed by atoms with Crippen LogP contribution in [0.2, 0.25) is 0 Å². The molecule has 2 fully saturated rings. The maximum atomic E-state index is 12.8. The van der Waals surface area contributed by atoms with Gasteiger partial charge in [-0.2, -0.15) is 0 Å². The second-order valence-corrected chi connectivity index (χ2v) is 9.92. The molecule has 3 N–H and O–H groups in total. The molecule has 35 heavy (non-hydrogen) atoms. The molecule has 2 aliphatic rings. The van der Waals surface area contributed by atoms with Crippen LogP contribution >= 0.6 is 0 Å². The molecule has 184 valence electrons. The van der Waals surface area contributed by atoms with Crippen LogP contribution in [0.25, 0.3) is 22.2 Å². The van der Waals surface area contributed by atoms with Gasteiger partial charge in [-0.05, 0) is 82.2 Å². The summed E-state index contributed by atoms with van der Waals surface area (Å²) in [5.74, 6) is 0.506. The zero-order valence-electron chi connectivity index (χ0n) is 20.7. The third-order valence-corrected chi connectivity index (χ3v) is 7.53. The molecule has 2 saturated carbocycles. The topological polar surface area (TPSA) is 89.6 Å². The first-order valence-corrected chi connectivity index (χ1v) is 12.6. The summed E-state index contributed by atoms with van der Waals surface area (Å²) >= 11 is 0. The standard InChI is InChI=1S/C28H34N4O3/c1-4-31(3)27(33)20-12-15-23-24(16-20)32(22-6-5-7-22)26(25(23)29)19-10-13-21(14-11-19)30-28(34)35-17(2)18-8-9-18/h10-18,22H,4-9,29H2,1-3H3,(H,30,34)/t17-/m1/s1. The molecule has 0 radical (unpaired) electrons. The average molecular weight is 475 g/mol. The van der Waals surface area contributed by atoms with Crippen molar-refractivity contribution < 1.29 is 14.3 Å². The van der Waals surface area contributed by atoms with Gasteiger partial charge >= 0.3 is 6.09 Å². The highest BCUT2D eigenvalue weighted by atomic mass is 16.6. The minimum atomic E-state index is -0.422. The molecule has 0 bridgehead atoms. The fourth-order valence-corrected chi connectivity index (χ4v) is 4.84. The van der Waals surface area contributed by atoms with E-state index in [4.69, 9.17) is 10.5 Å². The average Bonchev–Trinajstić information content (AvgIpc) is 3.64. The van der Waals surface area contributed by atoms with Crippen molar-refractivity contribution in [3.8, 4) is 11.3 Å². The molecular weight excluding hydrogens is 440 g/mol. The second-order valence-electron chi connectivity index (χ2n) is 9.92. The first kappa shape index (κ1) is 23.3. The smallest absolute Gasteiger partial charge is 0.411 e. The highest BCUT2D eigenvalue weighted by Crippen LogP contribution is 2.44. The largest absolute Gasteiger partial charge is 0.446 e. The van der Waals surface area contributed by atoms with E-state index < -0.39 is 6.09 Å². The Kier molecular flexibility index (Phi) is 6.17. The van der Waals surface area contributed by atoms with Crippen molar-refractivity contribution in [1.29, 1.82) is 0 Å². The van der Waals surface area contributed by atoms with Crippen molar-refractivity contribution in [3.63, 3.8) is 0 Å². The monoisotopic (exact) mass is 474 g/mol. The van der Waals surface area contributed by atoms with E-state index in [1.165, 1.54) is 6.42 Å². The Hall–Kier alpha value is -3.48. The molecule has 0 spiro atoms. The van der Waals surface area contributed by atoms with Gasteiger partial charge in [-0.25, -0.2) is 4.79 Å². The van der Waals surface area contributed by atoms with Crippen molar-refractivity contribution >= 4 is 34.3 Å². The molecule has 0 unspecified atom stereocenters. The summed E-state index contributed by atoms with van der Waals surface area (Å²) < 4.78 is 7.79. The van der Waals surface area contributed by atoms with Gasteiger partial charge in [0.1, 0.15) is 6.10 Å². The summed E-state index contributed by atoms with van der Waals surface area (Å²) in [4.78, 5) is 26.8. The van der Waals surface area contributed by atoms with Crippen LogP contribution in [-0.4, -0.2) is 41.2 Å². The molecule has 1 heterocycles. The number of nitrogens with two attached hydrogens (primary N) is 1. The highest BCUT2D eigenvalue weighted by Gasteiger charge is 2.31. The lowest BCUT2D eigenvalue weighted by molar-refractivity contribution is 0.0802. The number of hydrogen-bond donors (Lipinski definition) is 2. The number of nitrogens with zero attached hydrogens (tertiary/aromatic N) is 2. The van der Waals surface area contributed by atoms with Crippen molar-refractivity contribution in [1.82, 2.24) is 9.47 Å². The van der Waals surface area contributed by atoms with Crippen molar-refractivity contribution in [3.05, 3.63) is 48.0 Å². The molecule has 0 saturated heterocycles. The van der Waals surface area contributed by atoms with E-state index in [2.05, 4.69) is 9.88 Å². The Morgan fingerprint density at radius 1 is 1.14 bits per heavy atom. The summed E-state index contributed by atoms with van der Waals surface area (Å²) in [5, 5.41) is 3.79. The molecule has 1 atom stereocenters. The van der Waals surface area contributed by atoms with Crippen LogP contribution < -0.4 is 11.1 Å². The number of anilines is 2. The van der Waals surface area contributed by atoms with Gasteiger partial charge in [0.25, 0.3) is 5.91 Å². The van der Waals surface area contributed by atoms with E-state index in [1.54, 1.807) is 4.90 Å². The molecule has 1 aromatic heterocycles. The Labute approximate surface area is 206 Å². The summed E-state index contributed by atoms with van der Waals surface area (Å²) in [6.07, 6.45) is 5.15. The minimum Gasteiger partial charge on any atom is -0.446 e. The highest BCUT2D eigenvalue weighted by molar-refractivity contribution is 6.05. The lowest BCUT2D eigenvalue weighted by Crippen LogP contribution is -2.26. The molecule has 7 heteroatoms. The second kappa shape index (κ2) is 9.29. The van der Waals surface area contributed by atoms with Crippen LogP contribution in [0.3, 0.4) is 0 Å². The predicted octanol–water partition coefficient (Wildman–Crippen LogP) is 6.05. The molecule has 2 amide bonds. The van der Waals surface area contributed by atoms with E-state index in [0.29, 0.717) is 35.4 Å². The number of nitrogen functional groups attached to an aromatic ring is 1. The van der Waals surface area contributed by atoms with Crippen molar-refractivity contribution in [2.24, 2.45) is 5.92 Å². The summed E-state index contributed by atoms with van der Waals surface area (Å²) in [7, 11) is 1.81. The van der Waals surface area contributed by atoms with Gasteiger partial charge in [-0.3, -0.25) is 10.1 Å². The summed E-state index contributed by atoms with van der Waals surface area (Å²) in [6.45, 7) is 4.57. The van der Waals surface area contributed by atoms with Gasteiger partial charge in [0.2, 0.25) is 0 Å². The first-order valence-electron chi connectivity index (χ1n) is 12.6. The number of hydrogen-bond acceptors (Lipinski definition) is 4. The van der Waals surface area contributed by atoms with E-state index in [0.717, 1.165) is 47.8 Å². The van der Waals surface area contributed by atoms with Crippen LogP contribution in [0.4, 0.5) is 16.2 Å². The fraction of sp³-hybridized carbons (Fsp3) is 0.429. The number of nitrogens with one attached hydrogen (secondary N) is 1. The van der Waals surface area contributed by atoms with Crippen LogP contribution in [0.5, 0.6) is 0 Å². The number of aromatic nitrogens is 1. The number of benzene rings is 2. The third kappa shape index (κ3) is 4.47. The number of ether oxygens (including phenoxy) is 1. The number of carbonyl (C=O) groups is 2. The maximum absolute atomic E-state index is 12.8. The molecule has 2 aliphatic carbocycles. The lowest BCUT2D eigenvalue weighted by Gasteiger charge is -2.30. The van der Waals surface area contributed by atoms with E-state index >= 15 is 0 Å². The Morgan fingerprint density at radius 3 is 2.46 bits per heavy atom. The van der Waals surface area contributed by atoms with Gasteiger partial charge in [0.15, 0.2) is 0 Å². The third-order valence-electron chi connectivity index (χ3n) is 7.53. The van der Waals surface area contributed by atoms with Crippen LogP contribution in [0, 0.1) is 5.92 Å². The van der Waals surface area contributed by atoms with Gasteiger partial charge in [0.05, 0.1) is 16.9 Å². The van der Waals surface area contributed by atoms with Gasteiger partial charge in [0, 0.05) is 41.8 Å². The summed E-state index contributed by atoms with van der Waals surface area (Å²) in [5.41, 5.74) is 11.7. The van der Waals surface area contributed by atoms with Crippen LogP contribution in [0.1, 0.15) is 62.4 Å².